The first-order valence-electron chi connectivity index (χ1n) is 6.50. The molecule has 0 atom stereocenters. The molecule has 0 bridgehead atoms. The van der Waals surface area contributed by atoms with Gasteiger partial charge in [-0.1, -0.05) is 28.1 Å². The molecule has 18 heavy (non-hydrogen) atoms. The lowest BCUT2D eigenvalue weighted by Crippen LogP contribution is -2.45. The summed E-state index contributed by atoms with van der Waals surface area (Å²) in [6.45, 7) is 2.90. The fourth-order valence-electron chi connectivity index (χ4n) is 2.55. The summed E-state index contributed by atoms with van der Waals surface area (Å²) in [7, 11) is 0. The van der Waals surface area contributed by atoms with Gasteiger partial charge in [0.1, 0.15) is 0 Å². The van der Waals surface area contributed by atoms with Crippen LogP contribution in [0.4, 0.5) is 11.4 Å². The summed E-state index contributed by atoms with van der Waals surface area (Å²) in [5.74, 6) is 1.02. The van der Waals surface area contributed by atoms with E-state index in [2.05, 4.69) is 39.0 Å². The standard InChI is InChI=1S/C14H17BrN2O/c15-9-14(18)17-8-7-16(10-11-5-6-11)12-3-1-2-4-13(12)17/h1-4,11H,5-10H2. The van der Waals surface area contributed by atoms with Gasteiger partial charge in [-0.3, -0.25) is 4.79 Å². The zero-order valence-electron chi connectivity index (χ0n) is 10.3. The van der Waals surface area contributed by atoms with Gasteiger partial charge in [0, 0.05) is 19.6 Å². The van der Waals surface area contributed by atoms with Crippen LogP contribution >= 0.6 is 15.9 Å². The van der Waals surface area contributed by atoms with Gasteiger partial charge >= 0.3 is 0 Å². The number of hydrogen-bond acceptors (Lipinski definition) is 2. The third-order valence-electron chi connectivity index (χ3n) is 3.70. The van der Waals surface area contributed by atoms with Crippen molar-refractivity contribution in [2.24, 2.45) is 5.92 Å². The zero-order valence-corrected chi connectivity index (χ0v) is 11.9. The first kappa shape index (κ1) is 12.0. The molecule has 3 rings (SSSR count). The molecule has 0 saturated heterocycles. The molecule has 96 valence electrons. The Balaban J connectivity index is 1.89. The fraction of sp³-hybridized carbons (Fsp3) is 0.500. The van der Waals surface area contributed by atoms with Crippen LogP contribution in [0.2, 0.25) is 0 Å². The van der Waals surface area contributed by atoms with Crippen molar-refractivity contribution in [3.63, 3.8) is 0 Å². The zero-order chi connectivity index (χ0) is 12.5. The highest BCUT2D eigenvalue weighted by atomic mass is 79.9. The number of hydrogen-bond donors (Lipinski definition) is 0. The normalized spacial score (nSPS) is 18.7. The van der Waals surface area contributed by atoms with E-state index in [0.717, 1.165) is 31.2 Å². The summed E-state index contributed by atoms with van der Waals surface area (Å²) in [5, 5.41) is 0.393. The summed E-state index contributed by atoms with van der Waals surface area (Å²) in [4.78, 5) is 16.3. The Bertz CT molecular complexity index is 459. The second-order valence-electron chi connectivity index (χ2n) is 5.06. The van der Waals surface area contributed by atoms with E-state index < -0.39 is 0 Å². The summed E-state index contributed by atoms with van der Waals surface area (Å²) >= 11 is 3.26. The smallest absolute Gasteiger partial charge is 0.237 e. The SMILES string of the molecule is O=C(CBr)N1CCN(CC2CC2)c2ccccc21. The van der Waals surface area contributed by atoms with Crippen LogP contribution in [-0.2, 0) is 4.79 Å². The maximum absolute atomic E-state index is 11.9. The molecule has 2 aliphatic rings. The number of alkyl halides is 1. The van der Waals surface area contributed by atoms with Crippen LogP contribution in [0.5, 0.6) is 0 Å². The molecule has 0 unspecified atom stereocenters. The van der Waals surface area contributed by atoms with Crippen molar-refractivity contribution in [3.05, 3.63) is 24.3 Å². The molecule has 0 radical (unpaired) electrons. The minimum Gasteiger partial charge on any atom is -0.368 e. The van der Waals surface area contributed by atoms with Gasteiger partial charge < -0.3 is 9.80 Å². The predicted molar refractivity (Wildman–Crippen MR) is 77.5 cm³/mol. The lowest BCUT2D eigenvalue weighted by Gasteiger charge is -2.37. The number of rotatable bonds is 3. The Labute approximate surface area is 116 Å². The molecule has 4 heteroatoms. The molecule has 1 aromatic rings. The second kappa shape index (κ2) is 4.92. The Kier molecular flexibility index (Phi) is 3.29. The van der Waals surface area contributed by atoms with E-state index >= 15 is 0 Å². The lowest BCUT2D eigenvalue weighted by molar-refractivity contribution is -0.116. The third kappa shape index (κ3) is 2.26. The molecular weight excluding hydrogens is 292 g/mol. The molecule has 1 fully saturated rings. The minimum atomic E-state index is 0.147. The largest absolute Gasteiger partial charge is 0.368 e. The number of para-hydroxylation sites is 2. The number of halogens is 1. The van der Waals surface area contributed by atoms with Crippen molar-refractivity contribution in [1.82, 2.24) is 0 Å². The van der Waals surface area contributed by atoms with Gasteiger partial charge in [0.15, 0.2) is 0 Å². The van der Waals surface area contributed by atoms with Crippen molar-refractivity contribution in [2.75, 3.05) is 34.8 Å². The Morgan fingerprint density at radius 1 is 1.22 bits per heavy atom. The van der Waals surface area contributed by atoms with E-state index in [1.807, 2.05) is 11.0 Å². The van der Waals surface area contributed by atoms with Crippen LogP contribution in [-0.4, -0.2) is 30.9 Å². The average Bonchev–Trinajstić information content (AvgIpc) is 3.22. The van der Waals surface area contributed by atoms with Crippen LogP contribution in [0.25, 0.3) is 0 Å². The molecule has 0 N–H and O–H groups in total. The maximum Gasteiger partial charge on any atom is 0.237 e. The summed E-state index contributed by atoms with van der Waals surface area (Å²) in [6, 6.07) is 8.25. The van der Waals surface area contributed by atoms with Gasteiger partial charge in [-0.05, 0) is 30.9 Å². The fourth-order valence-corrected chi connectivity index (χ4v) is 2.86. The first-order valence-corrected chi connectivity index (χ1v) is 7.62. The summed E-state index contributed by atoms with van der Waals surface area (Å²) < 4.78 is 0. The highest BCUT2D eigenvalue weighted by Crippen LogP contribution is 2.37. The molecule has 0 aromatic heterocycles. The molecule has 1 heterocycles. The molecular formula is C14H17BrN2O. The molecule has 1 aromatic carbocycles. The van der Waals surface area contributed by atoms with Crippen LogP contribution in [0, 0.1) is 5.92 Å². The van der Waals surface area contributed by atoms with Crippen molar-refractivity contribution in [2.45, 2.75) is 12.8 Å². The molecule has 1 aliphatic carbocycles. The number of carbonyl (C=O) groups is 1. The van der Waals surface area contributed by atoms with Crippen molar-refractivity contribution in [3.8, 4) is 0 Å². The van der Waals surface area contributed by atoms with Gasteiger partial charge in [-0.25, -0.2) is 0 Å². The molecule has 0 spiro atoms. The van der Waals surface area contributed by atoms with Gasteiger partial charge in [-0.15, -0.1) is 0 Å². The van der Waals surface area contributed by atoms with Crippen LogP contribution in [0.15, 0.2) is 24.3 Å². The molecule has 1 saturated carbocycles. The van der Waals surface area contributed by atoms with Crippen LogP contribution in [0.1, 0.15) is 12.8 Å². The number of nitrogens with zero attached hydrogens (tertiary/aromatic N) is 2. The van der Waals surface area contributed by atoms with Gasteiger partial charge in [0.2, 0.25) is 5.91 Å². The number of amides is 1. The van der Waals surface area contributed by atoms with E-state index in [9.17, 15) is 4.79 Å². The summed E-state index contributed by atoms with van der Waals surface area (Å²) in [6.07, 6.45) is 2.73. The Morgan fingerprint density at radius 3 is 2.61 bits per heavy atom. The first-order chi connectivity index (χ1) is 8.79. The summed E-state index contributed by atoms with van der Waals surface area (Å²) in [5.41, 5.74) is 2.28. The number of benzene rings is 1. The van der Waals surface area contributed by atoms with Crippen molar-refractivity contribution >= 4 is 33.2 Å². The monoisotopic (exact) mass is 308 g/mol. The van der Waals surface area contributed by atoms with E-state index in [1.165, 1.54) is 18.5 Å². The van der Waals surface area contributed by atoms with Gasteiger partial charge in [-0.2, -0.15) is 0 Å². The molecule has 3 nitrogen and oxygen atoms in total. The molecule has 1 amide bonds. The number of carbonyl (C=O) groups excluding carboxylic acids is 1. The van der Waals surface area contributed by atoms with Gasteiger partial charge in [0.25, 0.3) is 0 Å². The highest BCUT2D eigenvalue weighted by Gasteiger charge is 2.30. The Morgan fingerprint density at radius 2 is 1.94 bits per heavy atom. The quantitative estimate of drug-likeness (QED) is 0.802. The average molecular weight is 309 g/mol. The second-order valence-corrected chi connectivity index (χ2v) is 5.62. The van der Waals surface area contributed by atoms with Crippen LogP contribution in [0.3, 0.4) is 0 Å². The molecule has 1 aliphatic heterocycles. The minimum absolute atomic E-state index is 0.147. The van der Waals surface area contributed by atoms with Crippen LogP contribution < -0.4 is 9.80 Å². The highest BCUT2D eigenvalue weighted by molar-refractivity contribution is 9.09. The number of fused-ring (bicyclic) bond motifs is 1. The third-order valence-corrected chi connectivity index (χ3v) is 4.18. The van der Waals surface area contributed by atoms with E-state index in [0.29, 0.717) is 5.33 Å². The number of anilines is 2. The maximum atomic E-state index is 11.9. The van der Waals surface area contributed by atoms with E-state index in [4.69, 9.17) is 0 Å². The van der Waals surface area contributed by atoms with E-state index in [1.54, 1.807) is 0 Å². The predicted octanol–water partition coefficient (Wildman–Crippen LogP) is 2.64. The Hall–Kier alpha value is -1.03. The van der Waals surface area contributed by atoms with Crippen molar-refractivity contribution < 1.29 is 4.79 Å². The van der Waals surface area contributed by atoms with Gasteiger partial charge in [0.05, 0.1) is 16.7 Å². The lowest BCUT2D eigenvalue weighted by atomic mass is 10.1. The van der Waals surface area contributed by atoms with Crippen molar-refractivity contribution in [1.29, 1.82) is 0 Å². The topological polar surface area (TPSA) is 23.6 Å². The van der Waals surface area contributed by atoms with E-state index in [-0.39, 0.29) is 5.91 Å².